The first kappa shape index (κ1) is 19.9. The number of carbonyl (C=O) groups is 1. The minimum absolute atomic E-state index is 0.0441. The van der Waals surface area contributed by atoms with Gasteiger partial charge in [0.2, 0.25) is 5.91 Å². The van der Waals surface area contributed by atoms with Crippen LogP contribution in [-0.4, -0.2) is 41.6 Å². The summed E-state index contributed by atoms with van der Waals surface area (Å²) in [5.74, 6) is 2.66. The Morgan fingerprint density at radius 3 is 2.76 bits per heavy atom. The molecule has 1 saturated carbocycles. The van der Waals surface area contributed by atoms with Crippen molar-refractivity contribution in [3.63, 3.8) is 0 Å². The average molecular weight is 444 g/mol. The number of amides is 1. The van der Waals surface area contributed by atoms with Gasteiger partial charge in [0, 0.05) is 17.9 Å². The Labute approximate surface area is 190 Å². The molecule has 2 aliphatic rings. The Morgan fingerprint density at radius 2 is 1.91 bits per heavy atom. The van der Waals surface area contributed by atoms with Crippen LogP contribution in [0.1, 0.15) is 60.7 Å². The number of fused-ring (bicyclic) bond motifs is 2. The van der Waals surface area contributed by atoms with Crippen LogP contribution >= 0.6 is 0 Å². The van der Waals surface area contributed by atoms with E-state index in [-0.39, 0.29) is 17.9 Å². The highest BCUT2D eigenvalue weighted by atomic mass is 16.5. The van der Waals surface area contributed by atoms with Crippen LogP contribution in [-0.2, 0) is 4.79 Å². The second kappa shape index (κ2) is 7.68. The summed E-state index contributed by atoms with van der Waals surface area (Å²) in [4.78, 5) is 12.8. The summed E-state index contributed by atoms with van der Waals surface area (Å²) >= 11 is 0. The van der Waals surface area contributed by atoms with Gasteiger partial charge in [0.15, 0.2) is 17.3 Å². The SMILES string of the molecule is Cc1nn(-c2ccc3nnc(C)n3n2)c2c1[C@@H](c1cccc(OC3CCCC3)c1)CC(=O)N2. The molecule has 1 fully saturated rings. The topological polar surface area (TPSA) is 99.2 Å². The van der Waals surface area contributed by atoms with Crippen molar-refractivity contribution in [1.82, 2.24) is 29.6 Å². The van der Waals surface area contributed by atoms with Gasteiger partial charge in [-0.1, -0.05) is 12.1 Å². The number of hydrogen-bond donors (Lipinski definition) is 1. The molecule has 1 N–H and O–H groups in total. The lowest BCUT2D eigenvalue weighted by molar-refractivity contribution is -0.116. The van der Waals surface area contributed by atoms with E-state index in [0.717, 1.165) is 35.4 Å². The fourth-order valence-corrected chi connectivity index (χ4v) is 5.00. The van der Waals surface area contributed by atoms with E-state index in [0.29, 0.717) is 29.5 Å². The molecule has 6 rings (SSSR count). The Bertz CT molecular complexity index is 1370. The molecule has 0 unspecified atom stereocenters. The number of hydrogen-bond acceptors (Lipinski definition) is 6. The Morgan fingerprint density at radius 1 is 1.06 bits per heavy atom. The van der Waals surface area contributed by atoms with E-state index in [1.807, 2.05) is 38.1 Å². The minimum Gasteiger partial charge on any atom is -0.490 e. The van der Waals surface area contributed by atoms with Crippen molar-refractivity contribution < 1.29 is 9.53 Å². The van der Waals surface area contributed by atoms with Crippen molar-refractivity contribution in [3.05, 3.63) is 59.0 Å². The molecular weight excluding hydrogens is 418 g/mol. The Hall–Kier alpha value is -3.75. The Kier molecular flexibility index (Phi) is 4.63. The molecule has 0 radical (unpaired) electrons. The monoisotopic (exact) mass is 443 g/mol. The quantitative estimate of drug-likeness (QED) is 0.516. The molecule has 9 heteroatoms. The van der Waals surface area contributed by atoms with Gasteiger partial charge in [0.25, 0.3) is 0 Å². The maximum Gasteiger partial charge on any atom is 0.226 e. The highest BCUT2D eigenvalue weighted by molar-refractivity contribution is 5.95. The molecule has 1 aliphatic heterocycles. The lowest BCUT2D eigenvalue weighted by Crippen LogP contribution is -2.25. The van der Waals surface area contributed by atoms with E-state index in [1.54, 1.807) is 9.20 Å². The number of anilines is 1. The van der Waals surface area contributed by atoms with E-state index >= 15 is 0 Å². The predicted octanol–water partition coefficient (Wildman–Crippen LogP) is 3.72. The highest BCUT2D eigenvalue weighted by Crippen LogP contribution is 2.41. The summed E-state index contributed by atoms with van der Waals surface area (Å²) < 4.78 is 9.60. The lowest BCUT2D eigenvalue weighted by atomic mass is 9.85. The third-order valence-corrected chi connectivity index (χ3v) is 6.59. The summed E-state index contributed by atoms with van der Waals surface area (Å²) in [6.45, 7) is 3.82. The van der Waals surface area contributed by atoms with Crippen LogP contribution in [0, 0.1) is 13.8 Å². The van der Waals surface area contributed by atoms with Crippen LogP contribution in [0.2, 0.25) is 0 Å². The van der Waals surface area contributed by atoms with Crippen LogP contribution in [0.4, 0.5) is 5.82 Å². The summed E-state index contributed by atoms with van der Waals surface area (Å²) in [7, 11) is 0. The summed E-state index contributed by atoms with van der Waals surface area (Å²) in [6.07, 6.45) is 5.32. The molecule has 4 heterocycles. The van der Waals surface area contributed by atoms with E-state index in [1.165, 1.54) is 12.8 Å². The first-order chi connectivity index (χ1) is 16.1. The van der Waals surface area contributed by atoms with E-state index < -0.39 is 0 Å². The van der Waals surface area contributed by atoms with Gasteiger partial charge in [-0.2, -0.15) is 14.3 Å². The number of nitrogens with zero attached hydrogens (tertiary/aromatic N) is 6. The zero-order valence-corrected chi connectivity index (χ0v) is 18.7. The van der Waals surface area contributed by atoms with Crippen LogP contribution in [0.3, 0.4) is 0 Å². The van der Waals surface area contributed by atoms with Gasteiger partial charge in [0.05, 0.1) is 11.8 Å². The fraction of sp³-hybridized carbons (Fsp3) is 0.375. The van der Waals surface area contributed by atoms with Crippen molar-refractivity contribution in [2.75, 3.05) is 5.32 Å². The number of aromatic nitrogens is 6. The largest absolute Gasteiger partial charge is 0.490 e. The van der Waals surface area contributed by atoms with Crippen molar-refractivity contribution >= 4 is 17.4 Å². The van der Waals surface area contributed by atoms with E-state index in [2.05, 4.69) is 32.7 Å². The standard InChI is InChI=1S/C24H25N7O2/c1-14-23-19(16-6-5-9-18(12-16)33-17-7-3-4-8-17)13-22(32)25-24(23)31(28-14)21-11-10-20-27-26-15(2)30(20)29-21/h5-6,9-12,17,19H,3-4,7-8,13H2,1-2H3,(H,25,32)/t19-/m1/s1. The van der Waals surface area contributed by atoms with Crippen molar-refractivity contribution in [1.29, 1.82) is 0 Å². The molecule has 1 aromatic carbocycles. The molecule has 1 atom stereocenters. The van der Waals surface area contributed by atoms with Crippen LogP contribution in [0.15, 0.2) is 36.4 Å². The van der Waals surface area contributed by atoms with Crippen LogP contribution in [0.5, 0.6) is 5.75 Å². The summed E-state index contributed by atoms with van der Waals surface area (Å²) in [5, 5.41) is 20.6. The van der Waals surface area contributed by atoms with E-state index in [4.69, 9.17) is 9.84 Å². The third kappa shape index (κ3) is 3.44. The maximum atomic E-state index is 12.8. The van der Waals surface area contributed by atoms with Gasteiger partial charge in [-0.15, -0.1) is 15.3 Å². The molecule has 1 aliphatic carbocycles. The maximum absolute atomic E-state index is 12.8. The zero-order valence-electron chi connectivity index (χ0n) is 18.7. The first-order valence-corrected chi connectivity index (χ1v) is 11.4. The van der Waals surface area contributed by atoms with Gasteiger partial charge in [-0.05, 0) is 69.4 Å². The number of carbonyl (C=O) groups excluding carboxylic acids is 1. The van der Waals surface area contributed by atoms with Crippen molar-refractivity contribution in [3.8, 4) is 11.6 Å². The van der Waals surface area contributed by atoms with Gasteiger partial charge in [-0.25, -0.2) is 0 Å². The molecule has 4 aromatic rings. The predicted molar refractivity (Wildman–Crippen MR) is 122 cm³/mol. The van der Waals surface area contributed by atoms with Gasteiger partial charge in [-0.3, -0.25) is 4.79 Å². The minimum atomic E-state index is -0.102. The van der Waals surface area contributed by atoms with Gasteiger partial charge >= 0.3 is 0 Å². The zero-order chi connectivity index (χ0) is 22.5. The average Bonchev–Trinajstić information content (AvgIpc) is 3.53. The van der Waals surface area contributed by atoms with Crippen LogP contribution < -0.4 is 10.1 Å². The molecule has 33 heavy (non-hydrogen) atoms. The van der Waals surface area contributed by atoms with Crippen molar-refractivity contribution in [2.45, 2.75) is 58.0 Å². The number of ether oxygens (including phenoxy) is 1. The number of nitrogens with one attached hydrogen (secondary N) is 1. The smallest absolute Gasteiger partial charge is 0.226 e. The first-order valence-electron chi connectivity index (χ1n) is 11.4. The number of benzene rings is 1. The summed E-state index contributed by atoms with van der Waals surface area (Å²) in [5.41, 5.74) is 3.59. The Balaban J connectivity index is 1.41. The second-order valence-electron chi connectivity index (χ2n) is 8.87. The molecule has 0 bridgehead atoms. The van der Waals surface area contributed by atoms with Crippen LogP contribution in [0.25, 0.3) is 11.5 Å². The third-order valence-electron chi connectivity index (χ3n) is 6.59. The molecular formula is C24H25N7O2. The van der Waals surface area contributed by atoms with Crippen molar-refractivity contribution in [2.24, 2.45) is 0 Å². The summed E-state index contributed by atoms with van der Waals surface area (Å²) in [6, 6.07) is 11.8. The molecule has 1 amide bonds. The second-order valence-corrected chi connectivity index (χ2v) is 8.87. The highest BCUT2D eigenvalue weighted by Gasteiger charge is 2.33. The number of aryl methyl sites for hydroxylation is 2. The fourth-order valence-electron chi connectivity index (χ4n) is 5.00. The van der Waals surface area contributed by atoms with Gasteiger partial charge < -0.3 is 10.1 Å². The molecule has 168 valence electrons. The lowest BCUT2D eigenvalue weighted by Gasteiger charge is -2.25. The number of rotatable bonds is 4. The molecule has 3 aromatic heterocycles. The normalized spacial score (nSPS) is 18.5. The molecule has 0 saturated heterocycles. The molecule has 9 nitrogen and oxygen atoms in total. The van der Waals surface area contributed by atoms with E-state index in [9.17, 15) is 4.79 Å². The van der Waals surface area contributed by atoms with Gasteiger partial charge in [0.1, 0.15) is 11.6 Å². The molecule has 0 spiro atoms.